The Kier molecular flexibility index (Phi) is 3.56. The molecule has 0 aliphatic heterocycles. The van der Waals surface area contributed by atoms with Crippen molar-refractivity contribution in [3.8, 4) is 0 Å². The first-order valence-corrected chi connectivity index (χ1v) is 6.19. The molecule has 0 radical (unpaired) electrons. The third kappa shape index (κ3) is 2.83. The topological polar surface area (TPSA) is 29.3 Å². The number of benzene rings is 2. The predicted molar refractivity (Wildman–Crippen MR) is 78.9 cm³/mol. The molecule has 0 aliphatic rings. The summed E-state index contributed by atoms with van der Waals surface area (Å²) in [6.45, 7) is 5.15. The number of anilines is 2. The lowest BCUT2D eigenvalue weighted by atomic mass is 10.1. The zero-order valence-corrected chi connectivity index (χ0v) is 11.3. The van der Waals surface area contributed by atoms with Gasteiger partial charge in [0.15, 0.2) is 0 Å². The molecule has 0 fully saturated rings. The van der Waals surface area contributed by atoms with Crippen molar-refractivity contribution in [3.63, 3.8) is 0 Å². The Morgan fingerprint density at radius 2 is 1.78 bits per heavy atom. The van der Waals surface area contributed by atoms with Gasteiger partial charge in [0.25, 0.3) is 0 Å². The highest BCUT2D eigenvalue weighted by molar-refractivity contribution is 5.51. The summed E-state index contributed by atoms with van der Waals surface area (Å²) in [7, 11) is 2.10. The molecule has 0 unspecified atom stereocenters. The summed E-state index contributed by atoms with van der Waals surface area (Å²) >= 11 is 0. The van der Waals surface area contributed by atoms with Crippen LogP contribution >= 0.6 is 0 Å². The second-order valence-electron chi connectivity index (χ2n) is 4.87. The molecule has 2 heteroatoms. The van der Waals surface area contributed by atoms with Crippen molar-refractivity contribution in [2.24, 2.45) is 0 Å². The standard InChI is InChI=1S/C16H20N2/c1-12-7-8-16(9-13(12)2)18(3)11-14-5-4-6-15(17)10-14/h4-10H,11,17H2,1-3H3. The molecule has 2 nitrogen and oxygen atoms in total. The molecule has 2 N–H and O–H groups in total. The first-order chi connectivity index (χ1) is 8.56. The molecular formula is C16H20N2. The fourth-order valence-electron chi connectivity index (χ4n) is 2.02. The largest absolute Gasteiger partial charge is 0.399 e. The molecule has 2 aromatic rings. The van der Waals surface area contributed by atoms with Crippen LogP contribution in [0.15, 0.2) is 42.5 Å². The van der Waals surface area contributed by atoms with Gasteiger partial charge in [0.2, 0.25) is 0 Å². The first kappa shape index (κ1) is 12.5. The van der Waals surface area contributed by atoms with Gasteiger partial charge in [0.05, 0.1) is 0 Å². The molecule has 0 bridgehead atoms. The number of hydrogen-bond donors (Lipinski definition) is 1. The van der Waals surface area contributed by atoms with E-state index in [4.69, 9.17) is 5.73 Å². The molecule has 18 heavy (non-hydrogen) atoms. The molecule has 0 saturated heterocycles. The van der Waals surface area contributed by atoms with E-state index in [1.165, 1.54) is 22.4 Å². The number of rotatable bonds is 3. The van der Waals surface area contributed by atoms with Gasteiger partial charge in [-0.3, -0.25) is 0 Å². The van der Waals surface area contributed by atoms with Crippen LogP contribution in [-0.4, -0.2) is 7.05 Å². The smallest absolute Gasteiger partial charge is 0.0426 e. The van der Waals surface area contributed by atoms with Gasteiger partial charge in [-0.25, -0.2) is 0 Å². The van der Waals surface area contributed by atoms with E-state index in [1.807, 2.05) is 18.2 Å². The van der Waals surface area contributed by atoms with Crippen LogP contribution < -0.4 is 10.6 Å². The molecule has 2 aromatic carbocycles. The Morgan fingerprint density at radius 1 is 1.00 bits per heavy atom. The van der Waals surface area contributed by atoms with Gasteiger partial charge in [-0.05, 0) is 54.8 Å². The second-order valence-corrected chi connectivity index (χ2v) is 4.87. The predicted octanol–water partition coefficient (Wildman–Crippen LogP) is 3.52. The van der Waals surface area contributed by atoms with E-state index in [-0.39, 0.29) is 0 Å². The maximum absolute atomic E-state index is 5.80. The SMILES string of the molecule is Cc1ccc(N(C)Cc2cccc(N)c2)cc1C. The molecule has 0 saturated carbocycles. The van der Waals surface area contributed by atoms with Gasteiger partial charge < -0.3 is 10.6 Å². The minimum atomic E-state index is 0.820. The summed E-state index contributed by atoms with van der Waals surface area (Å²) in [6.07, 6.45) is 0. The molecular weight excluding hydrogens is 220 g/mol. The van der Waals surface area contributed by atoms with Gasteiger partial charge in [-0.15, -0.1) is 0 Å². The summed E-state index contributed by atoms with van der Waals surface area (Å²) in [6, 6.07) is 14.6. The van der Waals surface area contributed by atoms with E-state index in [9.17, 15) is 0 Å². The Balaban J connectivity index is 2.16. The summed E-state index contributed by atoms with van der Waals surface area (Å²) < 4.78 is 0. The maximum atomic E-state index is 5.80. The Bertz CT molecular complexity index is 547. The van der Waals surface area contributed by atoms with Gasteiger partial charge in [-0.2, -0.15) is 0 Å². The van der Waals surface area contributed by atoms with E-state index >= 15 is 0 Å². The lowest BCUT2D eigenvalue weighted by Crippen LogP contribution is -2.16. The molecule has 0 atom stereocenters. The van der Waals surface area contributed by atoms with E-state index in [2.05, 4.69) is 50.1 Å². The fraction of sp³-hybridized carbons (Fsp3) is 0.250. The Morgan fingerprint density at radius 3 is 2.44 bits per heavy atom. The summed E-state index contributed by atoms with van der Waals surface area (Å²) in [5.41, 5.74) is 11.7. The van der Waals surface area contributed by atoms with E-state index in [1.54, 1.807) is 0 Å². The van der Waals surface area contributed by atoms with Crippen LogP contribution in [0, 0.1) is 13.8 Å². The van der Waals surface area contributed by atoms with Crippen LogP contribution in [0.5, 0.6) is 0 Å². The average Bonchev–Trinajstić information content (AvgIpc) is 2.32. The Labute approximate surface area is 109 Å². The van der Waals surface area contributed by atoms with Crippen LogP contribution in [0.3, 0.4) is 0 Å². The maximum Gasteiger partial charge on any atom is 0.0426 e. The zero-order valence-electron chi connectivity index (χ0n) is 11.3. The third-order valence-corrected chi connectivity index (χ3v) is 3.30. The van der Waals surface area contributed by atoms with Crippen molar-refractivity contribution in [1.82, 2.24) is 0 Å². The first-order valence-electron chi connectivity index (χ1n) is 6.19. The third-order valence-electron chi connectivity index (χ3n) is 3.30. The molecule has 0 heterocycles. The van der Waals surface area contributed by atoms with Gasteiger partial charge in [0.1, 0.15) is 0 Å². The van der Waals surface area contributed by atoms with Gasteiger partial charge >= 0.3 is 0 Å². The van der Waals surface area contributed by atoms with Crippen LogP contribution in [-0.2, 0) is 6.54 Å². The molecule has 2 rings (SSSR count). The quantitative estimate of drug-likeness (QED) is 0.832. The summed E-state index contributed by atoms with van der Waals surface area (Å²) in [5.74, 6) is 0. The zero-order chi connectivity index (χ0) is 13.1. The number of nitrogens with zero attached hydrogens (tertiary/aromatic N) is 1. The van der Waals surface area contributed by atoms with Crippen LogP contribution in [0.1, 0.15) is 16.7 Å². The van der Waals surface area contributed by atoms with Crippen molar-refractivity contribution in [1.29, 1.82) is 0 Å². The molecule has 0 aliphatic carbocycles. The van der Waals surface area contributed by atoms with Crippen LogP contribution in [0.2, 0.25) is 0 Å². The molecule has 0 spiro atoms. The normalized spacial score (nSPS) is 10.4. The summed E-state index contributed by atoms with van der Waals surface area (Å²) in [5, 5.41) is 0. The van der Waals surface area contributed by atoms with Gasteiger partial charge in [-0.1, -0.05) is 18.2 Å². The highest BCUT2D eigenvalue weighted by Crippen LogP contribution is 2.20. The van der Waals surface area contributed by atoms with E-state index in [0.717, 1.165) is 12.2 Å². The highest BCUT2D eigenvalue weighted by atomic mass is 15.1. The van der Waals surface area contributed by atoms with E-state index in [0.29, 0.717) is 0 Å². The molecule has 0 amide bonds. The lowest BCUT2D eigenvalue weighted by molar-refractivity contribution is 0.922. The minimum Gasteiger partial charge on any atom is -0.399 e. The molecule has 0 aromatic heterocycles. The number of hydrogen-bond acceptors (Lipinski definition) is 2. The minimum absolute atomic E-state index is 0.820. The van der Waals surface area contributed by atoms with Crippen LogP contribution in [0.4, 0.5) is 11.4 Å². The van der Waals surface area contributed by atoms with Crippen LogP contribution in [0.25, 0.3) is 0 Å². The highest BCUT2D eigenvalue weighted by Gasteiger charge is 2.03. The fourth-order valence-corrected chi connectivity index (χ4v) is 2.02. The van der Waals surface area contributed by atoms with Crippen molar-refractivity contribution in [2.45, 2.75) is 20.4 Å². The van der Waals surface area contributed by atoms with Crippen molar-refractivity contribution in [3.05, 3.63) is 59.2 Å². The second kappa shape index (κ2) is 5.13. The summed E-state index contributed by atoms with van der Waals surface area (Å²) in [4.78, 5) is 2.24. The lowest BCUT2D eigenvalue weighted by Gasteiger charge is -2.20. The monoisotopic (exact) mass is 240 g/mol. The number of aryl methyl sites for hydroxylation is 2. The van der Waals surface area contributed by atoms with Crippen molar-refractivity contribution in [2.75, 3.05) is 17.7 Å². The number of nitrogen functional groups attached to an aromatic ring is 1. The van der Waals surface area contributed by atoms with Crippen molar-refractivity contribution >= 4 is 11.4 Å². The average molecular weight is 240 g/mol. The van der Waals surface area contributed by atoms with Crippen molar-refractivity contribution < 1.29 is 0 Å². The number of nitrogens with two attached hydrogens (primary N) is 1. The molecule has 94 valence electrons. The van der Waals surface area contributed by atoms with Gasteiger partial charge in [0, 0.05) is 25.0 Å². The Hall–Kier alpha value is -1.96. The van der Waals surface area contributed by atoms with E-state index < -0.39 is 0 Å².